The Morgan fingerprint density at radius 2 is 0.964 bits per heavy atom. The van der Waals surface area contributed by atoms with Crippen LogP contribution in [0.5, 0.6) is 0 Å². The normalized spacial score (nSPS) is 13.3. The van der Waals surface area contributed by atoms with Gasteiger partial charge in [0.05, 0.1) is 11.0 Å². The zero-order chi connectivity index (χ0) is 39.1. The third-order valence-corrected chi connectivity index (χ3v) is 14.1. The van der Waals surface area contributed by atoms with Crippen molar-refractivity contribution in [2.75, 3.05) is 7.11 Å². The molecule has 0 atom stereocenters. The molecule has 1 heterocycles. The van der Waals surface area contributed by atoms with Gasteiger partial charge in [-0.2, -0.15) is 0 Å². The Kier molecular flexibility index (Phi) is 10.1. The van der Waals surface area contributed by atoms with Crippen molar-refractivity contribution >= 4 is 31.5 Å². The molecule has 1 aromatic heterocycles. The minimum atomic E-state index is -0.440. The minimum Gasteiger partial charge on any atom is -0.378 e. The van der Waals surface area contributed by atoms with Crippen LogP contribution in [0.15, 0.2) is 164 Å². The van der Waals surface area contributed by atoms with Crippen molar-refractivity contribution in [2.24, 2.45) is 5.41 Å². The molecule has 8 aromatic rings. The molecule has 0 spiro atoms. The highest BCUT2D eigenvalue weighted by Gasteiger charge is 2.46. The van der Waals surface area contributed by atoms with Gasteiger partial charge < -0.3 is 4.74 Å². The van der Waals surface area contributed by atoms with E-state index in [-0.39, 0.29) is 11.0 Å². The Bertz CT molecular complexity index is 2580. The molecule has 56 heavy (non-hydrogen) atoms. The maximum atomic E-state index is 5.92. The number of hydrogen-bond acceptors (Lipinski definition) is 2. The molecule has 0 amide bonds. The molecule has 0 radical (unpaired) electrons. The molecule has 7 aromatic carbocycles. The van der Waals surface area contributed by atoms with Crippen molar-refractivity contribution in [1.29, 1.82) is 0 Å². The summed E-state index contributed by atoms with van der Waals surface area (Å²) in [6.07, 6.45) is 2.07. The Hall–Kier alpha value is -5.28. The second-order valence-corrected chi connectivity index (χ2v) is 17.1. The fourth-order valence-corrected chi connectivity index (χ4v) is 10.2. The molecule has 2 heteroatoms. The summed E-state index contributed by atoms with van der Waals surface area (Å²) in [5.41, 5.74) is 13.7. The number of hydrogen-bond donors (Lipinski definition) is 0. The maximum absolute atomic E-state index is 5.92. The second kappa shape index (κ2) is 15.0. The molecule has 0 unspecified atom stereocenters. The van der Waals surface area contributed by atoms with Crippen molar-refractivity contribution in [3.63, 3.8) is 0 Å². The number of thiophene rings is 1. The zero-order valence-electron chi connectivity index (χ0n) is 33.8. The van der Waals surface area contributed by atoms with E-state index in [4.69, 9.17) is 4.74 Å². The van der Waals surface area contributed by atoms with E-state index in [9.17, 15) is 0 Å². The van der Waals surface area contributed by atoms with Gasteiger partial charge in [-0.05, 0) is 93.3 Å². The van der Waals surface area contributed by atoms with E-state index in [1.54, 1.807) is 0 Å². The van der Waals surface area contributed by atoms with Crippen LogP contribution in [0.4, 0.5) is 0 Å². The highest BCUT2D eigenvalue weighted by atomic mass is 32.1. The minimum absolute atomic E-state index is 0.0368. The second-order valence-electron chi connectivity index (χ2n) is 16.0. The quantitative estimate of drug-likeness (QED) is 0.143. The van der Waals surface area contributed by atoms with Crippen molar-refractivity contribution < 1.29 is 4.74 Å². The molecule has 0 saturated carbocycles. The highest BCUT2D eigenvalue weighted by molar-refractivity contribution is 7.26. The van der Waals surface area contributed by atoms with Crippen molar-refractivity contribution in [3.05, 3.63) is 192 Å². The van der Waals surface area contributed by atoms with Gasteiger partial charge in [0.15, 0.2) is 0 Å². The molecule has 280 valence electrons. The van der Waals surface area contributed by atoms with E-state index in [0.717, 1.165) is 12.8 Å². The predicted octanol–water partition coefficient (Wildman–Crippen LogP) is 15.2. The molecule has 0 fully saturated rings. The summed E-state index contributed by atoms with van der Waals surface area (Å²) in [5.74, 6) is 0. The van der Waals surface area contributed by atoms with E-state index in [1.807, 2.05) is 32.3 Å². The number of benzene rings is 7. The summed E-state index contributed by atoms with van der Waals surface area (Å²) in [6, 6.07) is 61.1. The zero-order valence-corrected chi connectivity index (χ0v) is 34.6. The van der Waals surface area contributed by atoms with Crippen molar-refractivity contribution in [1.82, 2.24) is 0 Å². The topological polar surface area (TPSA) is 9.23 Å². The Morgan fingerprint density at radius 3 is 1.55 bits per heavy atom. The van der Waals surface area contributed by atoms with E-state index >= 15 is 0 Å². The van der Waals surface area contributed by atoms with Crippen LogP contribution in [0.2, 0.25) is 0 Å². The lowest BCUT2D eigenvalue weighted by Crippen LogP contribution is -2.41. The van der Waals surface area contributed by atoms with Crippen LogP contribution in [0.25, 0.3) is 53.6 Å². The smallest absolute Gasteiger partial charge is 0.0713 e. The molecule has 9 rings (SSSR count). The van der Waals surface area contributed by atoms with E-state index in [2.05, 4.69) is 191 Å². The Morgan fingerprint density at radius 1 is 0.482 bits per heavy atom. The van der Waals surface area contributed by atoms with Gasteiger partial charge in [0.2, 0.25) is 0 Å². The first-order chi connectivity index (χ1) is 27.2. The molecular formula is C54H52OS. The standard InChI is InChI=1S/C52H46OS.C2H6/c1-50(2,51(3,4)53-5)34-33-38-17-13-21-44-45-22-14-20-41(49(45)54-48(38)44)37-27-31-40(32-28-37)52(39-29-25-36(26-30-39)35-15-7-6-8-16-35)46-23-11-9-18-42(46)43-19-10-12-24-47(43)52;1-2/h6-32H,33-34H2,1-5H3;1-2H3. The molecule has 0 bridgehead atoms. The van der Waals surface area contributed by atoms with Crippen LogP contribution in [-0.4, -0.2) is 12.7 Å². The first kappa shape index (κ1) is 37.6. The summed E-state index contributed by atoms with van der Waals surface area (Å²) < 4.78 is 8.68. The van der Waals surface area contributed by atoms with Gasteiger partial charge in [0, 0.05) is 27.3 Å². The molecule has 0 saturated heterocycles. The van der Waals surface area contributed by atoms with Gasteiger partial charge in [-0.25, -0.2) is 0 Å². The number of ether oxygens (including phenoxy) is 1. The van der Waals surface area contributed by atoms with Crippen LogP contribution < -0.4 is 0 Å². The largest absolute Gasteiger partial charge is 0.378 e. The molecule has 0 N–H and O–H groups in total. The van der Waals surface area contributed by atoms with E-state index < -0.39 is 5.41 Å². The molecule has 1 aliphatic carbocycles. The lowest BCUT2D eigenvalue weighted by molar-refractivity contribution is -0.0742. The number of aryl methyl sites for hydroxylation is 1. The summed E-state index contributed by atoms with van der Waals surface area (Å²) in [5, 5.41) is 2.69. The van der Waals surface area contributed by atoms with Gasteiger partial charge in [-0.3, -0.25) is 0 Å². The molecule has 1 aliphatic rings. The van der Waals surface area contributed by atoms with Crippen molar-refractivity contribution in [2.45, 2.75) is 65.4 Å². The lowest BCUT2D eigenvalue weighted by Gasteiger charge is -2.40. The summed E-state index contributed by atoms with van der Waals surface area (Å²) in [4.78, 5) is 0. The first-order valence-corrected chi connectivity index (χ1v) is 21.0. The van der Waals surface area contributed by atoms with Crippen LogP contribution in [0.3, 0.4) is 0 Å². The summed E-state index contributed by atoms with van der Waals surface area (Å²) in [7, 11) is 1.83. The van der Waals surface area contributed by atoms with Crippen molar-refractivity contribution in [3.8, 4) is 33.4 Å². The average Bonchev–Trinajstić information content (AvgIpc) is 3.79. The van der Waals surface area contributed by atoms with Crippen LogP contribution in [-0.2, 0) is 16.6 Å². The number of rotatable bonds is 9. The fraction of sp³-hybridized carbons (Fsp3) is 0.222. The average molecular weight is 749 g/mol. The van der Waals surface area contributed by atoms with Crippen LogP contribution in [0.1, 0.15) is 75.8 Å². The lowest BCUT2D eigenvalue weighted by atomic mass is 9.67. The SMILES string of the molecule is CC.COC(C)(C)C(C)(C)CCc1cccc2c1sc1c(-c3ccc(C4(c5ccc(-c6ccccc6)cc5)c5ccccc5-c5ccccc54)cc3)cccc12. The Labute approximate surface area is 337 Å². The maximum Gasteiger partial charge on any atom is 0.0713 e. The molecule has 0 aliphatic heterocycles. The predicted molar refractivity (Wildman–Crippen MR) is 242 cm³/mol. The number of fused-ring (bicyclic) bond motifs is 6. The summed E-state index contributed by atoms with van der Waals surface area (Å²) in [6.45, 7) is 13.1. The van der Waals surface area contributed by atoms with Gasteiger partial charge >= 0.3 is 0 Å². The van der Waals surface area contributed by atoms with E-state index in [0.29, 0.717) is 0 Å². The van der Waals surface area contributed by atoms with Gasteiger partial charge in [0.25, 0.3) is 0 Å². The Balaban J connectivity index is 0.00000217. The molecule has 1 nitrogen and oxygen atoms in total. The van der Waals surface area contributed by atoms with Gasteiger partial charge in [0.1, 0.15) is 0 Å². The van der Waals surface area contributed by atoms with Crippen LogP contribution >= 0.6 is 11.3 Å². The van der Waals surface area contributed by atoms with Gasteiger partial charge in [-0.15, -0.1) is 11.3 Å². The first-order valence-electron chi connectivity index (χ1n) is 20.2. The van der Waals surface area contributed by atoms with Gasteiger partial charge in [-0.1, -0.05) is 191 Å². The highest BCUT2D eigenvalue weighted by Crippen LogP contribution is 2.56. The third kappa shape index (κ3) is 6.11. The van der Waals surface area contributed by atoms with Crippen LogP contribution in [0, 0.1) is 5.41 Å². The van der Waals surface area contributed by atoms with E-state index in [1.165, 1.54) is 81.4 Å². The monoisotopic (exact) mass is 748 g/mol. The summed E-state index contributed by atoms with van der Waals surface area (Å²) >= 11 is 1.95. The number of methoxy groups -OCH3 is 1. The molecular weight excluding hydrogens is 697 g/mol. The fourth-order valence-electron chi connectivity index (χ4n) is 8.79. The third-order valence-electron chi connectivity index (χ3n) is 12.8.